The summed E-state index contributed by atoms with van der Waals surface area (Å²) in [5, 5.41) is 13.2. The van der Waals surface area contributed by atoms with Crippen molar-refractivity contribution in [2.75, 3.05) is 27.3 Å². The van der Waals surface area contributed by atoms with Gasteiger partial charge in [-0.2, -0.15) is 0 Å². The van der Waals surface area contributed by atoms with Crippen LogP contribution in [-0.4, -0.2) is 55.4 Å². The van der Waals surface area contributed by atoms with Crippen LogP contribution in [-0.2, 0) is 6.54 Å². The number of rotatable bonds is 6. The Kier molecular flexibility index (Phi) is 6.49. The summed E-state index contributed by atoms with van der Waals surface area (Å²) in [6.07, 6.45) is -0.157. The normalized spacial score (nSPS) is 19.9. The molecule has 0 saturated carbocycles. The molecule has 28 heavy (non-hydrogen) atoms. The number of hydrogen-bond donors (Lipinski definition) is 2. The van der Waals surface area contributed by atoms with E-state index in [1.54, 1.807) is 43.5 Å². The Hall–Kier alpha value is -2.64. The molecule has 0 spiro atoms. The maximum atomic E-state index is 14.1. The fourth-order valence-electron chi connectivity index (χ4n) is 3.35. The number of aliphatic hydroxyl groups is 1. The van der Waals surface area contributed by atoms with Crippen LogP contribution in [0.4, 0.5) is 4.39 Å². The molecule has 6 nitrogen and oxygen atoms in total. The van der Waals surface area contributed by atoms with Crippen molar-refractivity contribution in [3.63, 3.8) is 0 Å². The van der Waals surface area contributed by atoms with Crippen molar-refractivity contribution in [3.8, 4) is 11.5 Å². The number of ether oxygens (including phenoxy) is 2. The molecule has 0 aromatic heterocycles. The first kappa shape index (κ1) is 20.1. The highest BCUT2D eigenvalue weighted by Crippen LogP contribution is 2.21. The summed E-state index contributed by atoms with van der Waals surface area (Å²) >= 11 is 0. The monoisotopic (exact) mass is 388 g/mol. The van der Waals surface area contributed by atoms with Crippen LogP contribution in [0.1, 0.15) is 22.3 Å². The van der Waals surface area contributed by atoms with Crippen molar-refractivity contribution in [2.45, 2.75) is 25.1 Å². The SMILES string of the molecule is COc1cccc(C(=O)N[C@@H]2CN(Cc3cc(OC)ccc3F)CC[C@H]2O)c1. The van der Waals surface area contributed by atoms with Gasteiger partial charge in [0, 0.05) is 30.8 Å². The topological polar surface area (TPSA) is 71.0 Å². The number of likely N-dealkylation sites (tertiary alicyclic amines) is 1. The molecular weight excluding hydrogens is 363 g/mol. The second kappa shape index (κ2) is 9.03. The van der Waals surface area contributed by atoms with Gasteiger partial charge in [0.2, 0.25) is 0 Å². The lowest BCUT2D eigenvalue weighted by Gasteiger charge is -2.36. The van der Waals surface area contributed by atoms with E-state index in [2.05, 4.69) is 5.32 Å². The number of halogens is 1. The zero-order valence-electron chi connectivity index (χ0n) is 16.0. The number of nitrogens with one attached hydrogen (secondary N) is 1. The lowest BCUT2D eigenvalue weighted by molar-refractivity contribution is 0.0406. The molecule has 0 unspecified atom stereocenters. The zero-order valence-corrected chi connectivity index (χ0v) is 16.0. The molecule has 0 aliphatic carbocycles. The Morgan fingerprint density at radius 3 is 2.71 bits per heavy atom. The van der Waals surface area contributed by atoms with Gasteiger partial charge in [0.05, 0.1) is 26.4 Å². The van der Waals surface area contributed by atoms with E-state index in [0.29, 0.717) is 48.7 Å². The summed E-state index contributed by atoms with van der Waals surface area (Å²) in [6.45, 7) is 1.41. The summed E-state index contributed by atoms with van der Waals surface area (Å²) in [4.78, 5) is 14.6. The fraction of sp³-hybridized carbons (Fsp3) is 0.381. The van der Waals surface area contributed by atoms with Gasteiger partial charge >= 0.3 is 0 Å². The quantitative estimate of drug-likeness (QED) is 0.794. The van der Waals surface area contributed by atoms with Gasteiger partial charge in [-0.05, 0) is 42.8 Å². The minimum Gasteiger partial charge on any atom is -0.497 e. The van der Waals surface area contributed by atoms with Gasteiger partial charge in [-0.3, -0.25) is 9.69 Å². The van der Waals surface area contributed by atoms with Crippen LogP contribution in [0.15, 0.2) is 42.5 Å². The minimum absolute atomic E-state index is 0.280. The van der Waals surface area contributed by atoms with Crippen LogP contribution >= 0.6 is 0 Å². The summed E-state index contributed by atoms with van der Waals surface area (Å²) in [6, 6.07) is 11.0. The van der Waals surface area contributed by atoms with Crippen molar-refractivity contribution < 1.29 is 23.8 Å². The smallest absolute Gasteiger partial charge is 0.251 e. The van der Waals surface area contributed by atoms with Crippen molar-refractivity contribution in [1.82, 2.24) is 10.2 Å². The Bertz CT molecular complexity index is 830. The lowest BCUT2D eigenvalue weighted by atomic mass is 10.0. The van der Waals surface area contributed by atoms with Gasteiger partial charge in [-0.1, -0.05) is 6.07 Å². The van der Waals surface area contributed by atoms with Crippen LogP contribution in [0.3, 0.4) is 0 Å². The van der Waals surface area contributed by atoms with E-state index in [4.69, 9.17) is 9.47 Å². The number of aliphatic hydroxyl groups excluding tert-OH is 1. The van der Waals surface area contributed by atoms with E-state index >= 15 is 0 Å². The highest BCUT2D eigenvalue weighted by Gasteiger charge is 2.29. The van der Waals surface area contributed by atoms with Crippen molar-refractivity contribution in [1.29, 1.82) is 0 Å². The van der Waals surface area contributed by atoms with Crippen LogP contribution in [0.5, 0.6) is 11.5 Å². The number of methoxy groups -OCH3 is 2. The first-order valence-corrected chi connectivity index (χ1v) is 9.18. The number of benzene rings is 2. The Balaban J connectivity index is 1.66. The third kappa shape index (κ3) is 4.79. The number of piperidine rings is 1. The second-order valence-electron chi connectivity index (χ2n) is 6.86. The highest BCUT2D eigenvalue weighted by molar-refractivity contribution is 5.94. The largest absolute Gasteiger partial charge is 0.497 e. The van der Waals surface area contributed by atoms with E-state index in [0.717, 1.165) is 0 Å². The van der Waals surface area contributed by atoms with Crippen LogP contribution in [0.25, 0.3) is 0 Å². The second-order valence-corrected chi connectivity index (χ2v) is 6.86. The molecule has 1 fully saturated rings. The molecule has 2 N–H and O–H groups in total. The third-order valence-corrected chi connectivity index (χ3v) is 4.96. The van der Waals surface area contributed by atoms with Gasteiger partial charge in [0.1, 0.15) is 17.3 Å². The lowest BCUT2D eigenvalue weighted by Crippen LogP contribution is -2.54. The van der Waals surface area contributed by atoms with E-state index in [1.165, 1.54) is 13.2 Å². The van der Waals surface area contributed by atoms with Crippen molar-refractivity contribution in [3.05, 3.63) is 59.4 Å². The van der Waals surface area contributed by atoms with Gasteiger partial charge in [0.25, 0.3) is 5.91 Å². The minimum atomic E-state index is -0.652. The van der Waals surface area contributed by atoms with E-state index < -0.39 is 12.1 Å². The summed E-state index contributed by atoms with van der Waals surface area (Å²) in [7, 11) is 3.08. The van der Waals surface area contributed by atoms with E-state index in [1.807, 2.05) is 4.90 Å². The highest BCUT2D eigenvalue weighted by atomic mass is 19.1. The molecule has 1 amide bonds. The number of hydrogen-bond acceptors (Lipinski definition) is 5. The molecule has 1 saturated heterocycles. The molecule has 2 atom stereocenters. The molecule has 0 bridgehead atoms. The predicted molar refractivity (Wildman–Crippen MR) is 103 cm³/mol. The van der Waals surface area contributed by atoms with E-state index in [9.17, 15) is 14.3 Å². The van der Waals surface area contributed by atoms with Crippen LogP contribution in [0, 0.1) is 5.82 Å². The molecular formula is C21H25FN2O4. The van der Waals surface area contributed by atoms with E-state index in [-0.39, 0.29) is 11.7 Å². The van der Waals surface area contributed by atoms with Gasteiger partial charge in [-0.15, -0.1) is 0 Å². The Morgan fingerprint density at radius 2 is 1.96 bits per heavy atom. The average molecular weight is 388 g/mol. The summed E-state index contributed by atoms with van der Waals surface area (Å²) < 4.78 is 24.4. The predicted octanol–water partition coefficient (Wildman–Crippen LogP) is 2.21. The average Bonchev–Trinajstić information content (AvgIpc) is 2.72. The number of amides is 1. The standard InChI is InChI=1S/C21H25FN2O4/c1-27-16-5-3-4-14(10-16)21(26)23-19-13-24(9-8-20(19)25)12-15-11-17(28-2)6-7-18(15)22/h3-7,10-11,19-20,25H,8-9,12-13H2,1-2H3,(H,23,26)/t19-,20-/m1/s1. The van der Waals surface area contributed by atoms with Crippen molar-refractivity contribution >= 4 is 5.91 Å². The molecule has 3 rings (SSSR count). The van der Waals surface area contributed by atoms with Crippen LogP contribution < -0.4 is 14.8 Å². The zero-order chi connectivity index (χ0) is 20.1. The van der Waals surface area contributed by atoms with Gasteiger partial charge in [-0.25, -0.2) is 4.39 Å². The number of carbonyl (C=O) groups is 1. The molecule has 1 heterocycles. The molecule has 2 aromatic rings. The first-order valence-electron chi connectivity index (χ1n) is 9.18. The van der Waals surface area contributed by atoms with Crippen molar-refractivity contribution in [2.24, 2.45) is 0 Å². The number of carbonyl (C=O) groups excluding carboxylic acids is 1. The van der Waals surface area contributed by atoms with Gasteiger partial charge in [0.15, 0.2) is 0 Å². The molecule has 2 aromatic carbocycles. The fourth-order valence-corrected chi connectivity index (χ4v) is 3.35. The first-order chi connectivity index (χ1) is 13.5. The molecule has 150 valence electrons. The Morgan fingerprint density at radius 1 is 1.21 bits per heavy atom. The third-order valence-electron chi connectivity index (χ3n) is 4.96. The number of nitrogens with zero attached hydrogens (tertiary/aromatic N) is 1. The Labute approximate surface area is 163 Å². The maximum absolute atomic E-state index is 14.1. The summed E-state index contributed by atoms with van der Waals surface area (Å²) in [5.74, 6) is 0.601. The van der Waals surface area contributed by atoms with Crippen LogP contribution in [0.2, 0.25) is 0 Å². The molecule has 0 radical (unpaired) electrons. The molecule has 7 heteroatoms. The van der Waals surface area contributed by atoms with Gasteiger partial charge < -0.3 is 19.9 Å². The molecule has 1 aliphatic heterocycles. The maximum Gasteiger partial charge on any atom is 0.251 e. The molecule has 1 aliphatic rings. The summed E-state index contributed by atoms with van der Waals surface area (Å²) in [5.41, 5.74) is 0.983.